The van der Waals surface area contributed by atoms with Gasteiger partial charge >= 0.3 is 0 Å². The summed E-state index contributed by atoms with van der Waals surface area (Å²) >= 11 is 6.32. The summed E-state index contributed by atoms with van der Waals surface area (Å²) in [6.45, 7) is 0. The number of anilines is 3. The molecule has 1 fully saturated rings. The highest BCUT2D eigenvalue weighted by Gasteiger charge is 2.24. The van der Waals surface area contributed by atoms with Crippen LogP contribution in [0.5, 0.6) is 0 Å². The maximum absolute atomic E-state index is 6.32. The first kappa shape index (κ1) is 16.3. The maximum Gasteiger partial charge on any atom is 0.178 e. The lowest BCUT2D eigenvalue weighted by atomic mass is 9.91. The summed E-state index contributed by atoms with van der Waals surface area (Å²) < 4.78 is 0. The monoisotopic (exact) mass is 378 g/mol. The first-order valence-electron chi connectivity index (χ1n) is 9.08. The van der Waals surface area contributed by atoms with Gasteiger partial charge in [-0.3, -0.25) is 10.1 Å². The molecule has 0 bridgehead atoms. The highest BCUT2D eigenvalue weighted by atomic mass is 35.5. The number of H-pyrrole nitrogens is 1. The smallest absolute Gasteiger partial charge is 0.178 e. The third kappa shape index (κ3) is 2.86. The standard InChI is InChI=1S/C20H19ClN6/c1-27(14-4-2-5-14)20-15-8-7-13(10-12(15)11-17(21)24-20)23-19-18-16(25-26-19)6-3-9-22-18/h3,6-11,14H,2,4-5H2,1H3,(H2,23,25,26). The second-order valence-electron chi connectivity index (χ2n) is 7.00. The van der Waals surface area contributed by atoms with Crippen molar-refractivity contribution in [2.45, 2.75) is 25.3 Å². The topological polar surface area (TPSA) is 69.7 Å². The first-order chi connectivity index (χ1) is 13.2. The minimum Gasteiger partial charge on any atom is -0.356 e. The molecule has 27 heavy (non-hydrogen) atoms. The molecule has 0 unspecified atom stereocenters. The predicted molar refractivity (Wildman–Crippen MR) is 110 cm³/mol. The van der Waals surface area contributed by atoms with Crippen LogP contribution in [-0.4, -0.2) is 33.3 Å². The van der Waals surface area contributed by atoms with Crippen molar-refractivity contribution in [3.8, 4) is 0 Å². The SMILES string of the molecule is CN(c1nc(Cl)cc2cc(Nc3n[nH]c4cccnc34)ccc12)C1CCC1. The average molecular weight is 379 g/mol. The molecule has 0 radical (unpaired) electrons. The predicted octanol–water partition coefficient (Wildman–Crippen LogP) is 4.89. The Labute approximate surface area is 161 Å². The highest BCUT2D eigenvalue weighted by Crippen LogP contribution is 2.34. The number of nitrogens with one attached hydrogen (secondary N) is 2. The van der Waals surface area contributed by atoms with Crippen molar-refractivity contribution in [3.05, 3.63) is 47.7 Å². The Morgan fingerprint density at radius 3 is 2.93 bits per heavy atom. The van der Waals surface area contributed by atoms with Crippen LogP contribution in [0.25, 0.3) is 21.8 Å². The van der Waals surface area contributed by atoms with E-state index in [1.54, 1.807) is 6.20 Å². The molecule has 0 atom stereocenters. The Morgan fingerprint density at radius 1 is 1.22 bits per heavy atom. The molecule has 2 N–H and O–H groups in total. The molecule has 5 rings (SSSR count). The van der Waals surface area contributed by atoms with Crippen LogP contribution in [0, 0.1) is 0 Å². The zero-order chi connectivity index (χ0) is 18.4. The average Bonchev–Trinajstić information content (AvgIpc) is 3.02. The molecule has 4 aromatic rings. The molecule has 0 aliphatic heterocycles. The molecule has 0 saturated heterocycles. The summed E-state index contributed by atoms with van der Waals surface area (Å²) in [7, 11) is 2.11. The molecule has 1 saturated carbocycles. The van der Waals surface area contributed by atoms with E-state index in [9.17, 15) is 0 Å². The van der Waals surface area contributed by atoms with Gasteiger partial charge < -0.3 is 10.2 Å². The number of halogens is 1. The van der Waals surface area contributed by atoms with Crippen LogP contribution in [0.2, 0.25) is 5.15 Å². The van der Waals surface area contributed by atoms with Crippen molar-refractivity contribution < 1.29 is 0 Å². The number of fused-ring (bicyclic) bond motifs is 2. The van der Waals surface area contributed by atoms with Gasteiger partial charge in [-0.25, -0.2) is 4.98 Å². The summed E-state index contributed by atoms with van der Waals surface area (Å²) in [5.41, 5.74) is 2.65. The minimum atomic E-state index is 0.507. The third-order valence-electron chi connectivity index (χ3n) is 5.32. The summed E-state index contributed by atoms with van der Waals surface area (Å²) in [5.74, 6) is 1.65. The maximum atomic E-state index is 6.32. The fourth-order valence-corrected chi connectivity index (χ4v) is 3.78. The van der Waals surface area contributed by atoms with Crippen LogP contribution in [0.3, 0.4) is 0 Å². The summed E-state index contributed by atoms with van der Waals surface area (Å²) in [5, 5.41) is 13.3. The van der Waals surface area contributed by atoms with Crippen molar-refractivity contribution in [3.63, 3.8) is 0 Å². The van der Waals surface area contributed by atoms with Gasteiger partial charge in [-0.2, -0.15) is 5.10 Å². The van der Waals surface area contributed by atoms with E-state index in [-0.39, 0.29) is 0 Å². The number of aromatic amines is 1. The Morgan fingerprint density at radius 2 is 2.11 bits per heavy atom. The van der Waals surface area contributed by atoms with Crippen molar-refractivity contribution >= 4 is 50.7 Å². The fraction of sp³-hybridized carbons (Fsp3) is 0.250. The number of hydrogen-bond donors (Lipinski definition) is 2. The van der Waals surface area contributed by atoms with Gasteiger partial charge in [0.05, 0.1) is 5.52 Å². The number of hydrogen-bond acceptors (Lipinski definition) is 5. The zero-order valence-corrected chi connectivity index (χ0v) is 15.7. The van der Waals surface area contributed by atoms with E-state index in [1.165, 1.54) is 19.3 Å². The largest absolute Gasteiger partial charge is 0.356 e. The molecule has 0 amide bonds. The van der Waals surface area contributed by atoms with Gasteiger partial charge in [-0.1, -0.05) is 11.6 Å². The lowest BCUT2D eigenvalue weighted by molar-refractivity contribution is 0.400. The van der Waals surface area contributed by atoms with Crippen LogP contribution in [0.1, 0.15) is 19.3 Å². The van der Waals surface area contributed by atoms with Gasteiger partial charge in [0.15, 0.2) is 5.82 Å². The van der Waals surface area contributed by atoms with E-state index in [4.69, 9.17) is 11.6 Å². The van der Waals surface area contributed by atoms with E-state index in [0.717, 1.165) is 33.3 Å². The van der Waals surface area contributed by atoms with Gasteiger partial charge in [0, 0.05) is 30.4 Å². The molecule has 1 aliphatic carbocycles. The molecule has 0 spiro atoms. The number of pyridine rings is 2. The molecule has 1 aromatic carbocycles. The Balaban J connectivity index is 1.53. The van der Waals surface area contributed by atoms with Crippen molar-refractivity contribution in [2.24, 2.45) is 0 Å². The molecule has 6 nitrogen and oxygen atoms in total. The number of rotatable bonds is 4. The van der Waals surface area contributed by atoms with Gasteiger partial charge in [0.2, 0.25) is 0 Å². The summed E-state index contributed by atoms with van der Waals surface area (Å²) in [6.07, 6.45) is 5.47. The van der Waals surface area contributed by atoms with Crippen LogP contribution >= 0.6 is 11.6 Å². The third-order valence-corrected chi connectivity index (χ3v) is 5.51. The quantitative estimate of drug-likeness (QED) is 0.495. The van der Waals surface area contributed by atoms with Gasteiger partial charge in [-0.15, -0.1) is 0 Å². The van der Waals surface area contributed by atoms with Crippen LogP contribution in [-0.2, 0) is 0 Å². The minimum absolute atomic E-state index is 0.507. The fourth-order valence-electron chi connectivity index (χ4n) is 3.58. The van der Waals surface area contributed by atoms with E-state index in [0.29, 0.717) is 17.0 Å². The number of nitrogens with zero attached hydrogens (tertiary/aromatic N) is 4. The van der Waals surface area contributed by atoms with Crippen molar-refractivity contribution in [1.29, 1.82) is 0 Å². The molecule has 7 heteroatoms. The van der Waals surface area contributed by atoms with E-state index in [1.807, 2.05) is 24.3 Å². The molecular weight excluding hydrogens is 360 g/mol. The molecular formula is C20H19ClN6. The van der Waals surface area contributed by atoms with Gasteiger partial charge in [0.25, 0.3) is 0 Å². The van der Waals surface area contributed by atoms with E-state index in [2.05, 4.69) is 49.6 Å². The highest BCUT2D eigenvalue weighted by molar-refractivity contribution is 6.30. The second kappa shape index (κ2) is 6.39. The summed E-state index contributed by atoms with van der Waals surface area (Å²) in [6, 6.07) is 12.5. The lowest BCUT2D eigenvalue weighted by Crippen LogP contribution is -2.37. The zero-order valence-electron chi connectivity index (χ0n) is 14.9. The Bertz CT molecular complexity index is 1130. The second-order valence-corrected chi connectivity index (χ2v) is 7.38. The first-order valence-corrected chi connectivity index (χ1v) is 9.46. The number of benzene rings is 1. The van der Waals surface area contributed by atoms with Crippen molar-refractivity contribution in [2.75, 3.05) is 17.3 Å². The Kier molecular flexibility index (Phi) is 3.86. The van der Waals surface area contributed by atoms with Crippen LogP contribution in [0.4, 0.5) is 17.3 Å². The van der Waals surface area contributed by atoms with Gasteiger partial charge in [0.1, 0.15) is 16.5 Å². The van der Waals surface area contributed by atoms with E-state index < -0.39 is 0 Å². The normalized spacial score (nSPS) is 14.4. The van der Waals surface area contributed by atoms with Crippen LogP contribution in [0.15, 0.2) is 42.6 Å². The molecule has 3 aromatic heterocycles. The van der Waals surface area contributed by atoms with Gasteiger partial charge in [-0.05, 0) is 61.0 Å². The lowest BCUT2D eigenvalue weighted by Gasteiger charge is -2.36. The van der Waals surface area contributed by atoms with Crippen LogP contribution < -0.4 is 10.2 Å². The molecule has 3 heterocycles. The number of aromatic nitrogens is 4. The molecule has 136 valence electrons. The Hall–Kier alpha value is -2.86. The van der Waals surface area contributed by atoms with E-state index >= 15 is 0 Å². The summed E-state index contributed by atoms with van der Waals surface area (Å²) in [4.78, 5) is 11.2. The van der Waals surface area contributed by atoms with Crippen molar-refractivity contribution in [1.82, 2.24) is 20.2 Å². The molecule has 1 aliphatic rings.